The van der Waals surface area contributed by atoms with Gasteiger partial charge < -0.3 is 14.2 Å². The highest BCUT2D eigenvalue weighted by atomic mass is 32.2. The Balaban J connectivity index is 1.42. The zero-order valence-corrected chi connectivity index (χ0v) is 18.2. The molecule has 0 saturated carbocycles. The van der Waals surface area contributed by atoms with Crippen LogP contribution >= 0.6 is 0 Å². The lowest BCUT2D eigenvalue weighted by Gasteiger charge is -2.35. The van der Waals surface area contributed by atoms with Crippen molar-refractivity contribution in [3.8, 4) is 0 Å². The largest absolute Gasteiger partial charge is 0.464 e. The van der Waals surface area contributed by atoms with E-state index in [9.17, 15) is 22.8 Å². The number of hydrazone groups is 1. The molecular weight excluding hydrogens is 424 g/mol. The second-order valence-corrected chi connectivity index (χ2v) is 10.4. The Labute approximate surface area is 180 Å². The van der Waals surface area contributed by atoms with Gasteiger partial charge in [-0.2, -0.15) is 5.10 Å². The molecule has 3 aliphatic heterocycles. The van der Waals surface area contributed by atoms with E-state index in [-0.39, 0.29) is 42.2 Å². The summed E-state index contributed by atoms with van der Waals surface area (Å²) < 4.78 is 30.3. The minimum atomic E-state index is -3.16. The van der Waals surface area contributed by atoms with Crippen molar-refractivity contribution in [2.45, 2.75) is 44.2 Å². The van der Waals surface area contributed by atoms with Crippen molar-refractivity contribution >= 4 is 33.3 Å². The first-order valence-corrected chi connectivity index (χ1v) is 12.3. The van der Waals surface area contributed by atoms with Crippen molar-refractivity contribution in [3.63, 3.8) is 0 Å². The Kier molecular flexibility index (Phi) is 5.87. The number of aromatic nitrogens is 1. The molecule has 0 N–H and O–H groups in total. The summed E-state index contributed by atoms with van der Waals surface area (Å²) in [6.07, 6.45) is 3.98. The van der Waals surface area contributed by atoms with E-state index in [0.29, 0.717) is 43.8 Å². The number of carbonyl (C=O) groups excluding carboxylic acids is 3. The molecule has 1 aromatic heterocycles. The molecule has 0 bridgehead atoms. The summed E-state index contributed by atoms with van der Waals surface area (Å²) in [6.45, 7) is 1.01. The molecule has 0 spiro atoms. The topological polar surface area (TPSA) is 118 Å². The molecule has 0 radical (unpaired) electrons. The first-order chi connectivity index (χ1) is 14.8. The van der Waals surface area contributed by atoms with E-state index < -0.39 is 21.8 Å². The Bertz CT molecular complexity index is 1020. The molecule has 4 heterocycles. The molecule has 11 heteroatoms. The molecule has 2 fully saturated rings. The van der Waals surface area contributed by atoms with Gasteiger partial charge in [-0.05, 0) is 31.4 Å². The van der Waals surface area contributed by atoms with Gasteiger partial charge in [-0.15, -0.1) is 0 Å². The van der Waals surface area contributed by atoms with Crippen LogP contribution in [0.3, 0.4) is 0 Å². The van der Waals surface area contributed by atoms with Crippen molar-refractivity contribution in [2.75, 3.05) is 31.7 Å². The van der Waals surface area contributed by atoms with Gasteiger partial charge in [0.05, 0.1) is 24.7 Å². The van der Waals surface area contributed by atoms with Crippen LogP contribution in [0.5, 0.6) is 0 Å². The highest BCUT2D eigenvalue weighted by molar-refractivity contribution is 7.91. The molecular formula is C20H26N4O6S. The number of esters is 1. The standard InChI is InChI=1S/C20H26N4O6S/c1-30-20(27)17-3-2-9-23(17)14-6-10-22(11-7-14)19(26)16-4-5-18(25)24(21-16)15-8-12-31(28,29)13-15/h2-3,9,14-15H,4-8,10-13H2,1H3. The SMILES string of the molecule is COC(=O)c1cccn1C1CCN(C(=O)C2=NN(C3CCS(=O)(=O)C3)C(=O)CC2)CC1. The van der Waals surface area contributed by atoms with Crippen LogP contribution in [0.1, 0.15) is 48.6 Å². The van der Waals surface area contributed by atoms with E-state index in [1.54, 1.807) is 17.0 Å². The van der Waals surface area contributed by atoms with Crippen LogP contribution < -0.4 is 0 Å². The fourth-order valence-corrected chi connectivity index (χ4v) is 6.19. The van der Waals surface area contributed by atoms with Gasteiger partial charge in [0.2, 0.25) is 5.91 Å². The van der Waals surface area contributed by atoms with Crippen LogP contribution in [0.15, 0.2) is 23.4 Å². The van der Waals surface area contributed by atoms with Gasteiger partial charge in [0.1, 0.15) is 11.4 Å². The summed E-state index contributed by atoms with van der Waals surface area (Å²) in [7, 11) is -1.81. The fraction of sp³-hybridized carbons (Fsp3) is 0.600. The molecule has 4 rings (SSSR count). The molecule has 1 aromatic rings. The molecule has 1 unspecified atom stereocenters. The van der Waals surface area contributed by atoms with Crippen LogP contribution in [-0.4, -0.2) is 84.1 Å². The number of sulfone groups is 1. The predicted octanol–water partition coefficient (Wildman–Crippen LogP) is 0.604. The second kappa shape index (κ2) is 8.45. The number of likely N-dealkylation sites (tertiary alicyclic amines) is 1. The minimum Gasteiger partial charge on any atom is -0.464 e. The first-order valence-electron chi connectivity index (χ1n) is 10.4. The summed E-state index contributed by atoms with van der Waals surface area (Å²) in [5, 5.41) is 5.50. The fourth-order valence-electron chi connectivity index (χ4n) is 4.50. The molecule has 1 atom stereocenters. The third-order valence-electron chi connectivity index (χ3n) is 6.18. The Hall–Kier alpha value is -2.69. The minimum absolute atomic E-state index is 0.0424. The van der Waals surface area contributed by atoms with E-state index in [0.717, 1.165) is 0 Å². The number of rotatable bonds is 4. The van der Waals surface area contributed by atoms with Crippen molar-refractivity contribution in [3.05, 3.63) is 24.0 Å². The maximum Gasteiger partial charge on any atom is 0.354 e. The van der Waals surface area contributed by atoms with Crippen molar-refractivity contribution in [2.24, 2.45) is 5.10 Å². The molecule has 2 saturated heterocycles. The van der Waals surface area contributed by atoms with Gasteiger partial charge >= 0.3 is 5.97 Å². The smallest absolute Gasteiger partial charge is 0.354 e. The van der Waals surface area contributed by atoms with Gasteiger partial charge in [-0.3, -0.25) is 9.59 Å². The zero-order chi connectivity index (χ0) is 22.2. The Morgan fingerprint density at radius 2 is 1.87 bits per heavy atom. The highest BCUT2D eigenvalue weighted by Crippen LogP contribution is 2.27. The third-order valence-corrected chi connectivity index (χ3v) is 7.93. The van der Waals surface area contributed by atoms with E-state index in [1.807, 2.05) is 10.8 Å². The van der Waals surface area contributed by atoms with Gasteiger partial charge in [0.15, 0.2) is 9.84 Å². The van der Waals surface area contributed by atoms with Crippen molar-refractivity contribution < 1.29 is 27.5 Å². The molecule has 0 aliphatic carbocycles. The number of carbonyl (C=O) groups is 3. The highest BCUT2D eigenvalue weighted by Gasteiger charge is 2.38. The van der Waals surface area contributed by atoms with Crippen LogP contribution in [0.25, 0.3) is 0 Å². The number of amides is 2. The summed E-state index contributed by atoms with van der Waals surface area (Å²) in [6, 6.07) is 3.12. The van der Waals surface area contributed by atoms with E-state index in [1.165, 1.54) is 12.1 Å². The third kappa shape index (κ3) is 4.36. The maximum absolute atomic E-state index is 13.0. The Morgan fingerprint density at radius 1 is 1.13 bits per heavy atom. The summed E-state index contributed by atoms with van der Waals surface area (Å²) in [5.74, 6) is -0.897. The lowest BCUT2D eigenvalue weighted by atomic mass is 10.0. The molecule has 168 valence electrons. The van der Waals surface area contributed by atoms with Gasteiger partial charge in [0.25, 0.3) is 5.91 Å². The monoisotopic (exact) mass is 450 g/mol. The van der Waals surface area contributed by atoms with Gasteiger partial charge in [-0.25, -0.2) is 18.2 Å². The number of ether oxygens (including phenoxy) is 1. The van der Waals surface area contributed by atoms with Crippen molar-refractivity contribution in [1.82, 2.24) is 14.5 Å². The van der Waals surface area contributed by atoms with E-state index in [2.05, 4.69) is 5.10 Å². The lowest BCUT2D eigenvalue weighted by molar-refractivity contribution is -0.134. The normalized spacial score (nSPS) is 24.2. The average molecular weight is 451 g/mol. The van der Waals surface area contributed by atoms with Crippen LogP contribution in [-0.2, 0) is 24.2 Å². The first kappa shape index (κ1) is 21.5. The molecule has 2 amide bonds. The maximum atomic E-state index is 13.0. The molecule has 10 nitrogen and oxygen atoms in total. The van der Waals surface area contributed by atoms with Gasteiger partial charge in [0, 0.05) is 38.2 Å². The molecule has 31 heavy (non-hydrogen) atoms. The number of nitrogens with zero attached hydrogens (tertiary/aromatic N) is 4. The number of piperidine rings is 1. The van der Waals surface area contributed by atoms with Crippen LogP contribution in [0.2, 0.25) is 0 Å². The molecule has 0 aromatic carbocycles. The van der Waals surface area contributed by atoms with Crippen LogP contribution in [0, 0.1) is 0 Å². The van der Waals surface area contributed by atoms with E-state index in [4.69, 9.17) is 4.74 Å². The van der Waals surface area contributed by atoms with Crippen LogP contribution in [0.4, 0.5) is 0 Å². The quantitative estimate of drug-likeness (QED) is 0.620. The number of methoxy groups -OCH3 is 1. The van der Waals surface area contributed by atoms with E-state index >= 15 is 0 Å². The predicted molar refractivity (Wildman–Crippen MR) is 111 cm³/mol. The summed E-state index contributed by atoms with van der Waals surface area (Å²) >= 11 is 0. The second-order valence-electron chi connectivity index (χ2n) is 8.16. The van der Waals surface area contributed by atoms with Crippen molar-refractivity contribution in [1.29, 1.82) is 0 Å². The number of hydrogen-bond donors (Lipinski definition) is 0. The lowest BCUT2D eigenvalue weighted by Crippen LogP contribution is -2.47. The number of hydrogen-bond acceptors (Lipinski definition) is 7. The van der Waals surface area contributed by atoms with Gasteiger partial charge in [-0.1, -0.05) is 0 Å². The summed E-state index contributed by atoms with van der Waals surface area (Å²) in [4.78, 5) is 39.0. The Morgan fingerprint density at radius 3 is 2.52 bits per heavy atom. The summed E-state index contributed by atoms with van der Waals surface area (Å²) in [5.41, 5.74) is 0.795. The zero-order valence-electron chi connectivity index (χ0n) is 17.4. The molecule has 3 aliphatic rings. The average Bonchev–Trinajstić information content (AvgIpc) is 3.39.